The first kappa shape index (κ1) is 14.3. The highest BCUT2D eigenvalue weighted by Crippen LogP contribution is 2.35. The summed E-state index contributed by atoms with van der Waals surface area (Å²) in [5.74, 6) is 0. The smallest absolute Gasteiger partial charge is 0.0452 e. The predicted molar refractivity (Wildman–Crippen MR) is 98.1 cm³/mol. The van der Waals surface area contributed by atoms with Crippen LogP contribution in [0.4, 0.5) is 0 Å². The summed E-state index contributed by atoms with van der Waals surface area (Å²) in [5, 5.41) is 13.7. The molecule has 0 N–H and O–H groups in total. The van der Waals surface area contributed by atoms with E-state index in [4.69, 9.17) is 0 Å². The van der Waals surface area contributed by atoms with Crippen LogP contribution in [-0.4, -0.2) is 0 Å². The summed E-state index contributed by atoms with van der Waals surface area (Å²) in [6, 6.07) is 4.47. The zero-order chi connectivity index (χ0) is 14.2. The van der Waals surface area contributed by atoms with E-state index in [0.717, 1.165) is 0 Å². The van der Waals surface area contributed by atoms with Crippen LogP contribution >= 0.6 is 45.3 Å². The minimum absolute atomic E-state index is 0.307. The zero-order valence-electron chi connectivity index (χ0n) is 11.7. The Kier molecular flexibility index (Phi) is 4.00. The van der Waals surface area contributed by atoms with Crippen molar-refractivity contribution in [2.45, 2.75) is 26.2 Å². The van der Waals surface area contributed by atoms with Gasteiger partial charge in [0, 0.05) is 35.8 Å². The fraction of sp³-hybridized carbons (Fsp3) is 0.250. The van der Waals surface area contributed by atoms with Crippen molar-refractivity contribution >= 4 is 65.5 Å². The first-order chi connectivity index (χ1) is 9.54. The van der Waals surface area contributed by atoms with Crippen LogP contribution in [0.2, 0.25) is 0 Å². The van der Waals surface area contributed by atoms with Gasteiger partial charge in [-0.3, -0.25) is 0 Å². The van der Waals surface area contributed by atoms with E-state index in [2.05, 4.69) is 59.8 Å². The lowest BCUT2D eigenvalue weighted by molar-refractivity contribution is 0.604. The van der Waals surface area contributed by atoms with Crippen LogP contribution in [-0.2, 0) is 5.41 Å². The lowest BCUT2D eigenvalue weighted by atomic mass is 9.94. The Morgan fingerprint density at radius 3 is 2.20 bits per heavy atom. The van der Waals surface area contributed by atoms with Gasteiger partial charge in [0.25, 0.3) is 0 Å². The number of hydrogen-bond donors (Lipinski definition) is 0. The van der Waals surface area contributed by atoms with Gasteiger partial charge < -0.3 is 0 Å². The normalized spacial score (nSPS) is 11.8. The van der Waals surface area contributed by atoms with E-state index in [1.165, 1.54) is 25.0 Å². The van der Waals surface area contributed by atoms with Gasteiger partial charge in [0.1, 0.15) is 0 Å². The summed E-state index contributed by atoms with van der Waals surface area (Å²) in [6.07, 6.45) is 0. The Balaban J connectivity index is 0.000000131. The van der Waals surface area contributed by atoms with E-state index in [9.17, 15) is 0 Å². The Labute approximate surface area is 135 Å². The molecule has 0 saturated heterocycles. The number of fused-ring (bicyclic) bond motifs is 2. The van der Waals surface area contributed by atoms with E-state index in [1.54, 1.807) is 34.0 Å². The van der Waals surface area contributed by atoms with Gasteiger partial charge in [0.15, 0.2) is 0 Å². The maximum atomic E-state index is 2.32. The molecule has 20 heavy (non-hydrogen) atoms. The molecular weight excluding hydrogens is 320 g/mol. The standard InChI is InChI=1S/C10H12S2.C6H4S2/c1-10(2,3)9-4-7-5-11-6-8(7)12-9;1-2-8-6-4-7-3-5(1)6/h4-6H,1-3H3;1-4H. The van der Waals surface area contributed by atoms with Gasteiger partial charge in [-0.2, -0.15) is 22.7 Å². The van der Waals surface area contributed by atoms with Crippen molar-refractivity contribution in [1.29, 1.82) is 0 Å². The van der Waals surface area contributed by atoms with Gasteiger partial charge in [-0.1, -0.05) is 20.8 Å². The van der Waals surface area contributed by atoms with Crippen molar-refractivity contribution in [3.05, 3.63) is 43.9 Å². The van der Waals surface area contributed by atoms with Crippen molar-refractivity contribution < 1.29 is 0 Å². The van der Waals surface area contributed by atoms with Gasteiger partial charge in [-0.25, -0.2) is 0 Å². The third-order valence-corrected chi connectivity index (χ3v) is 7.22. The monoisotopic (exact) mass is 336 g/mol. The molecule has 0 radical (unpaired) electrons. The van der Waals surface area contributed by atoms with Gasteiger partial charge in [0.2, 0.25) is 0 Å². The predicted octanol–water partition coefficient (Wildman–Crippen LogP) is 7.22. The molecule has 4 rings (SSSR count). The molecule has 0 spiro atoms. The Morgan fingerprint density at radius 1 is 0.850 bits per heavy atom. The van der Waals surface area contributed by atoms with Gasteiger partial charge in [0.05, 0.1) is 0 Å². The Morgan fingerprint density at radius 2 is 1.55 bits per heavy atom. The van der Waals surface area contributed by atoms with Crippen molar-refractivity contribution in [1.82, 2.24) is 0 Å². The number of hydrogen-bond acceptors (Lipinski definition) is 4. The van der Waals surface area contributed by atoms with Crippen LogP contribution in [0.3, 0.4) is 0 Å². The molecule has 4 heterocycles. The average molecular weight is 337 g/mol. The highest BCUT2D eigenvalue weighted by molar-refractivity contribution is 7.22. The summed E-state index contributed by atoms with van der Waals surface area (Å²) in [4.78, 5) is 1.49. The second-order valence-corrected chi connectivity index (χ2v) is 9.18. The van der Waals surface area contributed by atoms with Crippen LogP contribution < -0.4 is 0 Å². The highest BCUT2D eigenvalue weighted by atomic mass is 32.1. The topological polar surface area (TPSA) is 0 Å². The van der Waals surface area contributed by atoms with Crippen molar-refractivity contribution in [3.8, 4) is 0 Å². The molecule has 0 aliphatic rings. The van der Waals surface area contributed by atoms with Crippen molar-refractivity contribution in [2.75, 3.05) is 0 Å². The van der Waals surface area contributed by atoms with Crippen LogP contribution in [0.5, 0.6) is 0 Å². The average Bonchev–Trinajstić information content (AvgIpc) is 3.08. The van der Waals surface area contributed by atoms with E-state index in [1.807, 2.05) is 11.3 Å². The SMILES string of the molecule is CC(C)(C)c1cc2cscc2s1.c1cc2cscc2s1. The van der Waals surface area contributed by atoms with E-state index in [0.29, 0.717) is 5.41 Å². The van der Waals surface area contributed by atoms with Crippen LogP contribution in [0.15, 0.2) is 39.0 Å². The quantitative estimate of drug-likeness (QED) is 0.318. The van der Waals surface area contributed by atoms with E-state index >= 15 is 0 Å². The fourth-order valence-corrected chi connectivity index (χ4v) is 5.67. The first-order valence-corrected chi connectivity index (χ1v) is 9.98. The van der Waals surface area contributed by atoms with Gasteiger partial charge in [-0.05, 0) is 33.7 Å². The van der Waals surface area contributed by atoms with E-state index < -0.39 is 0 Å². The molecule has 0 atom stereocenters. The maximum Gasteiger partial charge on any atom is 0.0452 e. The molecule has 0 amide bonds. The fourth-order valence-electron chi connectivity index (χ4n) is 1.84. The molecule has 0 aliphatic carbocycles. The molecule has 0 bridgehead atoms. The van der Waals surface area contributed by atoms with Gasteiger partial charge >= 0.3 is 0 Å². The third kappa shape index (κ3) is 2.98. The molecule has 0 aliphatic heterocycles. The molecule has 0 fully saturated rings. The summed E-state index contributed by atoms with van der Waals surface area (Å²) >= 11 is 7.28. The minimum Gasteiger partial charge on any atom is -0.150 e. The van der Waals surface area contributed by atoms with Crippen LogP contribution in [0.25, 0.3) is 20.2 Å². The third-order valence-electron chi connectivity index (χ3n) is 3.00. The Bertz CT molecular complexity index is 724. The molecule has 0 nitrogen and oxygen atoms in total. The molecule has 0 unspecified atom stereocenters. The van der Waals surface area contributed by atoms with Gasteiger partial charge in [-0.15, -0.1) is 22.7 Å². The largest absolute Gasteiger partial charge is 0.150 e. The van der Waals surface area contributed by atoms with E-state index in [-0.39, 0.29) is 0 Å². The highest BCUT2D eigenvalue weighted by Gasteiger charge is 2.16. The lowest BCUT2D eigenvalue weighted by Crippen LogP contribution is -2.07. The second-order valence-electron chi connectivity index (χ2n) is 5.66. The molecule has 104 valence electrons. The summed E-state index contributed by atoms with van der Waals surface area (Å²) in [5.41, 5.74) is 0.307. The molecule has 4 heteroatoms. The molecule has 0 aromatic carbocycles. The summed E-state index contributed by atoms with van der Waals surface area (Å²) in [7, 11) is 0. The van der Waals surface area contributed by atoms with Crippen molar-refractivity contribution in [3.63, 3.8) is 0 Å². The summed E-state index contributed by atoms with van der Waals surface area (Å²) in [6.45, 7) is 6.80. The zero-order valence-corrected chi connectivity index (χ0v) is 14.9. The summed E-state index contributed by atoms with van der Waals surface area (Å²) < 4.78 is 2.85. The van der Waals surface area contributed by atoms with Crippen LogP contribution in [0, 0.1) is 0 Å². The number of thiophene rings is 4. The molecular formula is C16H16S4. The first-order valence-electron chi connectivity index (χ1n) is 6.39. The molecule has 4 aromatic heterocycles. The van der Waals surface area contributed by atoms with Crippen LogP contribution in [0.1, 0.15) is 25.6 Å². The molecule has 4 aromatic rings. The lowest BCUT2D eigenvalue weighted by Gasteiger charge is -2.14. The molecule has 0 saturated carbocycles. The number of rotatable bonds is 0. The van der Waals surface area contributed by atoms with Crippen molar-refractivity contribution in [2.24, 2.45) is 0 Å². The maximum absolute atomic E-state index is 2.32. The Hall–Kier alpha value is -0.680. The minimum atomic E-state index is 0.307. The second kappa shape index (κ2) is 5.60.